The molecule has 24 heavy (non-hydrogen) atoms. The summed E-state index contributed by atoms with van der Waals surface area (Å²) in [6, 6.07) is 9.43. The lowest BCUT2D eigenvalue weighted by Crippen LogP contribution is -2.27. The summed E-state index contributed by atoms with van der Waals surface area (Å²) in [6.07, 6.45) is 3.30. The van der Waals surface area contributed by atoms with Crippen LogP contribution in [0.1, 0.15) is 15.9 Å². The summed E-state index contributed by atoms with van der Waals surface area (Å²) in [7, 11) is 0. The van der Waals surface area contributed by atoms with E-state index in [0.717, 1.165) is 16.5 Å². The second-order valence-corrected chi connectivity index (χ2v) is 5.45. The molecule has 7 nitrogen and oxygen atoms in total. The van der Waals surface area contributed by atoms with Crippen LogP contribution < -0.4 is 15.4 Å². The third-order valence-electron chi connectivity index (χ3n) is 3.85. The molecule has 1 aliphatic rings. The van der Waals surface area contributed by atoms with Gasteiger partial charge in [-0.2, -0.15) is 0 Å². The molecular formula is C17H14N4O3. The molecule has 0 radical (unpaired) electrons. The average Bonchev–Trinajstić information content (AvgIpc) is 3.08. The van der Waals surface area contributed by atoms with Gasteiger partial charge in [0, 0.05) is 29.8 Å². The van der Waals surface area contributed by atoms with Gasteiger partial charge in [0.05, 0.1) is 5.56 Å². The second-order valence-electron chi connectivity index (χ2n) is 5.45. The highest BCUT2D eigenvalue weighted by Gasteiger charge is 2.19. The number of ether oxygens (including phenoxy) is 1. The van der Waals surface area contributed by atoms with Crippen molar-refractivity contribution in [2.45, 2.75) is 6.54 Å². The normalized spacial score (nSPS) is 13.1. The Labute approximate surface area is 137 Å². The van der Waals surface area contributed by atoms with Crippen LogP contribution in [-0.2, 0) is 11.3 Å². The second kappa shape index (κ2) is 5.69. The molecule has 0 atom stereocenters. The van der Waals surface area contributed by atoms with Crippen molar-refractivity contribution in [3.05, 3.63) is 53.9 Å². The largest absolute Gasteiger partial charge is 0.466 e. The number of H-pyrrole nitrogens is 1. The van der Waals surface area contributed by atoms with Crippen molar-refractivity contribution in [3.63, 3.8) is 0 Å². The van der Waals surface area contributed by atoms with Crippen LogP contribution in [0.2, 0.25) is 0 Å². The fourth-order valence-corrected chi connectivity index (χ4v) is 2.68. The molecule has 0 bridgehead atoms. The molecule has 0 saturated carbocycles. The van der Waals surface area contributed by atoms with E-state index < -0.39 is 0 Å². The first-order valence-corrected chi connectivity index (χ1v) is 7.46. The molecule has 4 rings (SSSR count). The lowest BCUT2D eigenvalue weighted by atomic mass is 10.1. The maximum Gasteiger partial charge on any atom is 0.262 e. The highest BCUT2D eigenvalue weighted by Crippen LogP contribution is 2.25. The standard InChI is InChI=1S/C17H14N4O3/c22-15-9-24-17-14(21-15)6-11(8-20-17)16(23)19-7-10-2-1-3-13-12(10)4-5-18-13/h1-6,8,18H,7,9H2,(H,19,23)(H,21,22). The molecular weight excluding hydrogens is 308 g/mol. The Kier molecular flexibility index (Phi) is 3.38. The Morgan fingerprint density at radius 1 is 1.33 bits per heavy atom. The Morgan fingerprint density at radius 3 is 3.17 bits per heavy atom. The average molecular weight is 322 g/mol. The number of nitrogens with zero attached hydrogens (tertiary/aromatic N) is 1. The number of hydrogen-bond donors (Lipinski definition) is 3. The van der Waals surface area contributed by atoms with E-state index in [-0.39, 0.29) is 18.4 Å². The Balaban J connectivity index is 1.51. The van der Waals surface area contributed by atoms with Gasteiger partial charge in [-0.25, -0.2) is 4.98 Å². The molecule has 0 fully saturated rings. The molecule has 2 aromatic heterocycles. The number of rotatable bonds is 3. The summed E-state index contributed by atoms with van der Waals surface area (Å²) in [5, 5.41) is 6.58. The van der Waals surface area contributed by atoms with Gasteiger partial charge in [0.25, 0.3) is 11.8 Å². The van der Waals surface area contributed by atoms with Crippen LogP contribution in [0.15, 0.2) is 42.7 Å². The lowest BCUT2D eigenvalue weighted by molar-refractivity contribution is -0.118. The number of fused-ring (bicyclic) bond motifs is 2. The van der Waals surface area contributed by atoms with Crippen LogP contribution in [-0.4, -0.2) is 28.4 Å². The van der Waals surface area contributed by atoms with E-state index in [0.29, 0.717) is 23.7 Å². The number of aromatic nitrogens is 2. The van der Waals surface area contributed by atoms with Crippen molar-refractivity contribution in [1.82, 2.24) is 15.3 Å². The predicted molar refractivity (Wildman–Crippen MR) is 87.8 cm³/mol. The summed E-state index contributed by atoms with van der Waals surface area (Å²) in [5.74, 6) is -0.207. The number of hydrogen-bond acceptors (Lipinski definition) is 4. The fraction of sp³-hybridized carbons (Fsp3) is 0.118. The smallest absolute Gasteiger partial charge is 0.262 e. The molecule has 0 unspecified atom stereocenters. The van der Waals surface area contributed by atoms with Crippen LogP contribution >= 0.6 is 0 Å². The number of carbonyl (C=O) groups is 2. The van der Waals surface area contributed by atoms with Crippen molar-refractivity contribution in [3.8, 4) is 5.88 Å². The summed E-state index contributed by atoms with van der Waals surface area (Å²) >= 11 is 0. The first kappa shape index (κ1) is 14.3. The van der Waals surface area contributed by atoms with Crippen molar-refractivity contribution in [2.75, 3.05) is 11.9 Å². The zero-order chi connectivity index (χ0) is 16.5. The molecule has 1 aromatic carbocycles. The van der Waals surface area contributed by atoms with Gasteiger partial charge in [-0.05, 0) is 23.8 Å². The van der Waals surface area contributed by atoms with Gasteiger partial charge in [0.2, 0.25) is 5.88 Å². The first-order valence-electron chi connectivity index (χ1n) is 7.46. The van der Waals surface area contributed by atoms with E-state index in [1.807, 2.05) is 30.5 Å². The maximum atomic E-state index is 12.3. The molecule has 0 aliphatic carbocycles. The van der Waals surface area contributed by atoms with Crippen molar-refractivity contribution >= 4 is 28.4 Å². The highest BCUT2D eigenvalue weighted by atomic mass is 16.5. The summed E-state index contributed by atoms with van der Waals surface area (Å²) in [6.45, 7) is 0.334. The summed E-state index contributed by atoms with van der Waals surface area (Å²) < 4.78 is 5.18. The minimum atomic E-state index is -0.266. The molecule has 1 aliphatic heterocycles. The van der Waals surface area contributed by atoms with Gasteiger partial charge in [0.15, 0.2) is 6.61 Å². The molecule has 3 N–H and O–H groups in total. The van der Waals surface area contributed by atoms with Crippen molar-refractivity contribution in [2.24, 2.45) is 0 Å². The molecule has 3 aromatic rings. The Morgan fingerprint density at radius 2 is 2.25 bits per heavy atom. The van der Waals surface area contributed by atoms with Gasteiger partial charge in [-0.15, -0.1) is 0 Å². The predicted octanol–water partition coefficient (Wildman–Crippen LogP) is 1.82. The number of aromatic amines is 1. The molecule has 0 saturated heterocycles. The maximum absolute atomic E-state index is 12.3. The first-order chi connectivity index (χ1) is 11.7. The topological polar surface area (TPSA) is 96.1 Å². The van der Waals surface area contributed by atoms with Crippen LogP contribution in [0.25, 0.3) is 10.9 Å². The van der Waals surface area contributed by atoms with Crippen LogP contribution in [0.5, 0.6) is 5.88 Å². The van der Waals surface area contributed by atoms with E-state index in [1.54, 1.807) is 6.07 Å². The van der Waals surface area contributed by atoms with Crippen molar-refractivity contribution in [1.29, 1.82) is 0 Å². The Hall–Kier alpha value is -3.35. The number of carbonyl (C=O) groups excluding carboxylic acids is 2. The number of anilines is 1. The van der Waals surface area contributed by atoms with Crippen LogP contribution in [0.4, 0.5) is 5.69 Å². The molecule has 7 heteroatoms. The van der Waals surface area contributed by atoms with E-state index in [9.17, 15) is 9.59 Å². The number of nitrogens with one attached hydrogen (secondary N) is 3. The zero-order valence-corrected chi connectivity index (χ0v) is 12.6. The zero-order valence-electron chi connectivity index (χ0n) is 12.6. The van der Waals surface area contributed by atoms with Crippen LogP contribution in [0.3, 0.4) is 0 Å². The third kappa shape index (κ3) is 2.56. The minimum absolute atomic E-state index is 0.0633. The molecule has 3 heterocycles. The quantitative estimate of drug-likeness (QED) is 0.685. The Bertz CT molecular complexity index is 948. The third-order valence-corrected chi connectivity index (χ3v) is 3.85. The lowest BCUT2D eigenvalue weighted by Gasteiger charge is -2.17. The van der Waals surface area contributed by atoms with Gasteiger partial charge in [-0.1, -0.05) is 12.1 Å². The van der Waals surface area contributed by atoms with Gasteiger partial charge >= 0.3 is 0 Å². The number of benzene rings is 1. The fourth-order valence-electron chi connectivity index (χ4n) is 2.68. The van der Waals surface area contributed by atoms with Crippen LogP contribution in [0, 0.1) is 0 Å². The van der Waals surface area contributed by atoms with E-state index in [2.05, 4.69) is 20.6 Å². The molecule has 120 valence electrons. The van der Waals surface area contributed by atoms with E-state index in [1.165, 1.54) is 6.20 Å². The molecule has 2 amide bonds. The minimum Gasteiger partial charge on any atom is -0.466 e. The number of pyridine rings is 1. The van der Waals surface area contributed by atoms with Crippen molar-refractivity contribution < 1.29 is 14.3 Å². The highest BCUT2D eigenvalue weighted by molar-refractivity contribution is 5.99. The number of amides is 2. The van der Waals surface area contributed by atoms with Gasteiger partial charge in [0.1, 0.15) is 5.69 Å². The van der Waals surface area contributed by atoms with Gasteiger partial charge < -0.3 is 20.4 Å². The summed E-state index contributed by atoms with van der Waals surface area (Å²) in [5.41, 5.74) is 2.81. The monoisotopic (exact) mass is 322 g/mol. The van der Waals surface area contributed by atoms with E-state index >= 15 is 0 Å². The summed E-state index contributed by atoms with van der Waals surface area (Å²) in [4.78, 5) is 30.9. The van der Waals surface area contributed by atoms with E-state index in [4.69, 9.17) is 4.74 Å². The van der Waals surface area contributed by atoms with Gasteiger partial charge in [-0.3, -0.25) is 9.59 Å². The SMILES string of the molecule is O=C1COc2ncc(C(=O)NCc3cccc4[nH]ccc34)cc2N1. The molecule has 0 spiro atoms.